The molecule has 0 amide bonds. The molecule has 0 spiro atoms. The van der Waals surface area contributed by atoms with Crippen LogP contribution in [0.3, 0.4) is 0 Å². The second-order valence-corrected chi connectivity index (χ2v) is 9.23. The highest BCUT2D eigenvalue weighted by Crippen LogP contribution is 2.23. The second-order valence-electron chi connectivity index (χ2n) is 4.58. The Hall–Kier alpha value is -0.393. The molecular weight excluding hydrogens is 248 g/mol. The highest BCUT2D eigenvalue weighted by molar-refractivity contribution is 6.73. The van der Waals surface area contributed by atoms with E-state index in [-0.39, 0.29) is 5.97 Å². The number of methoxy groups -OCH3 is 1. The van der Waals surface area contributed by atoms with Crippen LogP contribution >= 0.6 is 0 Å². The van der Waals surface area contributed by atoms with Crippen molar-refractivity contribution in [2.24, 2.45) is 0 Å². The first-order chi connectivity index (χ1) is 8.59. The van der Waals surface area contributed by atoms with Crippen molar-refractivity contribution in [3.05, 3.63) is 0 Å². The van der Waals surface area contributed by atoms with Crippen LogP contribution in [0.2, 0.25) is 18.1 Å². The maximum atomic E-state index is 11.6. The third-order valence-electron chi connectivity index (χ3n) is 3.56. The number of unbranched alkanes of at least 4 members (excludes halogenated alkanes) is 1. The van der Waals surface area contributed by atoms with Crippen molar-refractivity contribution < 1.29 is 19.0 Å². The van der Waals surface area contributed by atoms with E-state index in [9.17, 15) is 4.79 Å². The summed E-state index contributed by atoms with van der Waals surface area (Å²) in [5, 5.41) is 0. The molecule has 0 aliphatic carbocycles. The molecule has 0 aromatic carbocycles. The van der Waals surface area contributed by atoms with E-state index >= 15 is 0 Å². The molecular formula is C13H28O4Si. The van der Waals surface area contributed by atoms with Gasteiger partial charge < -0.3 is 4.74 Å². The number of ether oxygens (including phenoxy) is 1. The van der Waals surface area contributed by atoms with Gasteiger partial charge in [0.25, 0.3) is 0 Å². The molecule has 18 heavy (non-hydrogen) atoms. The summed E-state index contributed by atoms with van der Waals surface area (Å²) in [7, 11) is -0.424. The third-order valence-corrected chi connectivity index (χ3v) is 7.87. The van der Waals surface area contributed by atoms with Gasteiger partial charge in [0.05, 0.1) is 7.11 Å². The van der Waals surface area contributed by atoms with Crippen LogP contribution < -0.4 is 0 Å². The predicted octanol–water partition coefficient (Wildman–Crippen LogP) is 3.67. The van der Waals surface area contributed by atoms with Crippen LogP contribution in [-0.2, 0) is 19.0 Å². The van der Waals surface area contributed by atoms with Gasteiger partial charge in [0.15, 0.2) is 6.10 Å². The maximum absolute atomic E-state index is 11.6. The van der Waals surface area contributed by atoms with Gasteiger partial charge in [-0.15, -0.1) is 0 Å². The van der Waals surface area contributed by atoms with Gasteiger partial charge in [-0.2, -0.15) is 0 Å². The Balaban J connectivity index is 4.43. The van der Waals surface area contributed by atoms with Crippen molar-refractivity contribution in [1.82, 2.24) is 0 Å². The molecule has 1 unspecified atom stereocenters. The van der Waals surface area contributed by atoms with Gasteiger partial charge in [-0.3, -0.25) is 4.58 Å². The summed E-state index contributed by atoms with van der Waals surface area (Å²) < 4.78 is 10.4. The first-order valence-corrected chi connectivity index (χ1v) is 9.54. The fraction of sp³-hybridized carbons (Fsp3) is 0.923. The molecule has 0 saturated carbocycles. The first kappa shape index (κ1) is 17.6. The summed E-state index contributed by atoms with van der Waals surface area (Å²) in [5.74, 6) is -0.338. The van der Waals surface area contributed by atoms with E-state index in [0.717, 1.165) is 31.0 Å². The summed E-state index contributed by atoms with van der Waals surface area (Å²) >= 11 is 0. The van der Waals surface area contributed by atoms with Gasteiger partial charge >= 0.3 is 5.97 Å². The molecule has 4 nitrogen and oxygen atoms in total. The van der Waals surface area contributed by atoms with E-state index < -0.39 is 14.4 Å². The maximum Gasteiger partial charge on any atom is 0.338 e. The van der Waals surface area contributed by atoms with E-state index in [2.05, 4.69) is 27.7 Å². The average Bonchev–Trinajstić information content (AvgIpc) is 2.43. The Morgan fingerprint density at radius 2 is 1.67 bits per heavy atom. The largest absolute Gasteiger partial charge is 0.467 e. The fourth-order valence-corrected chi connectivity index (χ4v) is 3.99. The van der Waals surface area contributed by atoms with E-state index in [1.165, 1.54) is 7.11 Å². The lowest BCUT2D eigenvalue weighted by Gasteiger charge is -2.28. The Morgan fingerprint density at radius 3 is 2.06 bits per heavy atom. The van der Waals surface area contributed by atoms with Crippen molar-refractivity contribution in [1.29, 1.82) is 0 Å². The average molecular weight is 276 g/mol. The van der Waals surface area contributed by atoms with E-state index in [1.54, 1.807) is 0 Å². The first-order valence-electron chi connectivity index (χ1n) is 7.01. The van der Waals surface area contributed by atoms with Crippen LogP contribution in [0.5, 0.6) is 0 Å². The number of carbonyl (C=O) groups excluding carboxylic acids is 1. The molecule has 0 rings (SSSR count). The molecule has 0 bridgehead atoms. The molecule has 0 saturated heterocycles. The Morgan fingerprint density at radius 1 is 1.11 bits per heavy atom. The number of esters is 1. The van der Waals surface area contributed by atoms with Crippen LogP contribution in [0, 0.1) is 0 Å². The molecule has 0 aliphatic heterocycles. The summed E-state index contributed by atoms with van der Waals surface area (Å²) in [6, 6.07) is 3.00. The molecule has 0 aromatic heterocycles. The van der Waals surface area contributed by atoms with Crippen LogP contribution in [0.25, 0.3) is 0 Å². The van der Waals surface area contributed by atoms with Crippen LogP contribution in [0.4, 0.5) is 0 Å². The quantitative estimate of drug-likeness (QED) is 0.264. The molecule has 108 valence electrons. The van der Waals surface area contributed by atoms with Crippen molar-refractivity contribution in [3.63, 3.8) is 0 Å². The van der Waals surface area contributed by atoms with E-state index in [4.69, 9.17) is 14.2 Å². The van der Waals surface area contributed by atoms with Crippen molar-refractivity contribution in [2.75, 3.05) is 7.11 Å². The van der Waals surface area contributed by atoms with E-state index in [0.29, 0.717) is 6.42 Å². The van der Waals surface area contributed by atoms with Crippen molar-refractivity contribution in [2.45, 2.75) is 71.2 Å². The Kier molecular flexibility index (Phi) is 9.32. The van der Waals surface area contributed by atoms with Crippen LogP contribution in [-0.4, -0.2) is 27.5 Å². The van der Waals surface area contributed by atoms with Gasteiger partial charge in [-0.1, -0.05) is 40.5 Å². The lowest BCUT2D eigenvalue weighted by atomic mass is 10.2. The van der Waals surface area contributed by atoms with Gasteiger partial charge in [0.2, 0.25) is 8.32 Å². The highest BCUT2D eigenvalue weighted by Gasteiger charge is 2.33. The summed E-state index contributed by atoms with van der Waals surface area (Å²) in [6.07, 6.45) is 2.04. The second kappa shape index (κ2) is 9.53. The lowest BCUT2D eigenvalue weighted by Crippen LogP contribution is -2.39. The minimum atomic E-state index is -1.81. The zero-order valence-electron chi connectivity index (χ0n) is 12.5. The van der Waals surface area contributed by atoms with Crippen molar-refractivity contribution >= 4 is 14.3 Å². The number of carbonyl (C=O) groups is 1. The molecule has 0 heterocycles. The minimum Gasteiger partial charge on any atom is -0.467 e. The topological polar surface area (TPSA) is 44.8 Å². The minimum absolute atomic E-state index is 0.338. The molecule has 1 atom stereocenters. The van der Waals surface area contributed by atoms with E-state index in [1.807, 2.05) is 0 Å². The Labute approximate surface area is 112 Å². The van der Waals surface area contributed by atoms with Gasteiger partial charge in [0.1, 0.15) is 0 Å². The highest BCUT2D eigenvalue weighted by atomic mass is 28.4. The number of rotatable bonds is 10. The van der Waals surface area contributed by atoms with Crippen LogP contribution in [0.15, 0.2) is 0 Å². The van der Waals surface area contributed by atoms with Crippen LogP contribution in [0.1, 0.15) is 47.0 Å². The smallest absolute Gasteiger partial charge is 0.338 e. The number of hydrogen-bond acceptors (Lipinski definition) is 4. The standard InChI is InChI=1S/C13H28O4Si/c1-6-10-11-12(13(14)15-5)16-17-18(7-2,8-3)9-4/h12H,6-11H2,1-5H3. The molecule has 0 aliphatic rings. The van der Waals surface area contributed by atoms with Crippen molar-refractivity contribution in [3.8, 4) is 0 Å². The fourth-order valence-electron chi connectivity index (χ4n) is 1.81. The molecule has 5 heteroatoms. The summed E-state index contributed by atoms with van der Waals surface area (Å²) in [5.41, 5.74) is 0. The lowest BCUT2D eigenvalue weighted by molar-refractivity contribution is -0.259. The predicted molar refractivity (Wildman–Crippen MR) is 74.7 cm³/mol. The molecule has 0 N–H and O–H groups in total. The normalized spacial score (nSPS) is 13.4. The van der Waals surface area contributed by atoms with Gasteiger partial charge in [0, 0.05) is 0 Å². The summed E-state index contributed by atoms with van der Waals surface area (Å²) in [6.45, 7) is 8.46. The zero-order valence-corrected chi connectivity index (χ0v) is 13.5. The molecule has 0 aromatic rings. The van der Waals surface area contributed by atoms with Gasteiger partial charge in [-0.25, -0.2) is 9.68 Å². The number of hydrogen-bond donors (Lipinski definition) is 0. The summed E-state index contributed by atoms with van der Waals surface area (Å²) in [4.78, 5) is 17.0. The third kappa shape index (κ3) is 5.50. The Bertz CT molecular complexity index is 221. The SMILES string of the molecule is CCCCC(OO[Si](CC)(CC)CC)C(=O)OC. The molecule has 0 radical (unpaired) electrons. The zero-order chi connectivity index (χ0) is 14.0. The monoisotopic (exact) mass is 276 g/mol. The molecule has 0 fully saturated rings. The van der Waals surface area contributed by atoms with Gasteiger partial charge in [-0.05, 0) is 24.6 Å².